The number of anilines is 2. The highest BCUT2D eigenvalue weighted by Gasteiger charge is 2.37. The van der Waals surface area contributed by atoms with E-state index >= 15 is 0 Å². The molecule has 3 heterocycles. The van der Waals surface area contributed by atoms with Crippen molar-refractivity contribution in [2.24, 2.45) is 5.92 Å². The van der Waals surface area contributed by atoms with E-state index < -0.39 is 0 Å². The second kappa shape index (κ2) is 7.58. The number of fused-ring (bicyclic) bond motifs is 1. The lowest BCUT2D eigenvalue weighted by Crippen LogP contribution is -2.58. The van der Waals surface area contributed by atoms with Crippen LogP contribution in [0.3, 0.4) is 0 Å². The van der Waals surface area contributed by atoms with Crippen molar-refractivity contribution in [3.63, 3.8) is 0 Å². The number of carbonyl (C=O) groups is 1. The molecule has 6 heteroatoms. The maximum Gasteiger partial charge on any atom is 0.229 e. The van der Waals surface area contributed by atoms with E-state index in [9.17, 15) is 4.79 Å². The topological polar surface area (TPSA) is 39.7 Å². The molecule has 1 amide bonds. The maximum atomic E-state index is 13.0. The van der Waals surface area contributed by atoms with E-state index in [1.165, 1.54) is 27.1 Å². The molecule has 0 aliphatic carbocycles. The predicted molar refractivity (Wildman–Crippen MR) is 125 cm³/mol. The molecule has 5 nitrogen and oxygen atoms in total. The fourth-order valence-electron chi connectivity index (χ4n) is 4.43. The number of thiazole rings is 1. The SMILES string of the molecule is Cc1ccc(C)c(N2CCN(C(=O)C3CN(c4nc5ccc(C)cc5s4)C3)CC2)c1. The molecule has 2 aromatic carbocycles. The highest BCUT2D eigenvalue weighted by atomic mass is 32.1. The van der Waals surface area contributed by atoms with Crippen LogP contribution >= 0.6 is 11.3 Å². The number of hydrogen-bond donors (Lipinski definition) is 0. The van der Waals surface area contributed by atoms with Gasteiger partial charge in [0.05, 0.1) is 16.1 Å². The Bertz CT molecular complexity index is 1090. The van der Waals surface area contributed by atoms with Crippen molar-refractivity contribution in [3.05, 3.63) is 53.1 Å². The van der Waals surface area contributed by atoms with Crippen LogP contribution in [-0.4, -0.2) is 55.1 Å². The zero-order chi connectivity index (χ0) is 20.8. The fraction of sp³-hybridized carbons (Fsp3) is 0.417. The van der Waals surface area contributed by atoms with Crippen LogP contribution in [0.1, 0.15) is 16.7 Å². The Morgan fingerprint density at radius 1 is 0.933 bits per heavy atom. The Morgan fingerprint density at radius 3 is 2.40 bits per heavy atom. The van der Waals surface area contributed by atoms with Crippen molar-refractivity contribution < 1.29 is 4.79 Å². The van der Waals surface area contributed by atoms with Gasteiger partial charge in [0.25, 0.3) is 0 Å². The summed E-state index contributed by atoms with van der Waals surface area (Å²) in [6, 6.07) is 13.0. The van der Waals surface area contributed by atoms with Gasteiger partial charge in [-0.05, 0) is 55.7 Å². The van der Waals surface area contributed by atoms with Crippen molar-refractivity contribution in [2.45, 2.75) is 20.8 Å². The Hall–Kier alpha value is -2.60. The summed E-state index contributed by atoms with van der Waals surface area (Å²) in [6.07, 6.45) is 0. The molecule has 0 radical (unpaired) electrons. The van der Waals surface area contributed by atoms with Crippen LogP contribution in [0.15, 0.2) is 36.4 Å². The molecule has 30 heavy (non-hydrogen) atoms. The molecule has 0 saturated carbocycles. The molecule has 2 fully saturated rings. The van der Waals surface area contributed by atoms with Crippen molar-refractivity contribution in [1.29, 1.82) is 0 Å². The number of aromatic nitrogens is 1. The van der Waals surface area contributed by atoms with Crippen LogP contribution in [0.2, 0.25) is 0 Å². The number of hydrogen-bond acceptors (Lipinski definition) is 5. The molecule has 2 aliphatic rings. The first kappa shape index (κ1) is 19.4. The molecule has 0 unspecified atom stereocenters. The van der Waals surface area contributed by atoms with Crippen molar-refractivity contribution in [2.75, 3.05) is 49.1 Å². The first-order valence-electron chi connectivity index (χ1n) is 10.7. The first-order chi connectivity index (χ1) is 14.5. The lowest BCUT2D eigenvalue weighted by Gasteiger charge is -2.43. The molecule has 0 bridgehead atoms. The number of benzene rings is 2. The van der Waals surface area contributed by atoms with Gasteiger partial charge in [0.2, 0.25) is 5.91 Å². The highest BCUT2D eigenvalue weighted by molar-refractivity contribution is 7.22. The molecular weight excluding hydrogens is 392 g/mol. The summed E-state index contributed by atoms with van der Waals surface area (Å²) in [7, 11) is 0. The second-order valence-corrected chi connectivity index (χ2v) is 9.68. The van der Waals surface area contributed by atoms with Gasteiger partial charge in [0.15, 0.2) is 5.13 Å². The maximum absolute atomic E-state index is 13.0. The molecule has 5 rings (SSSR count). The van der Waals surface area contributed by atoms with Crippen molar-refractivity contribution >= 4 is 38.3 Å². The average molecular weight is 421 g/mol. The molecule has 1 aromatic heterocycles. The molecule has 0 N–H and O–H groups in total. The van der Waals surface area contributed by atoms with Gasteiger partial charge in [0.1, 0.15) is 0 Å². The van der Waals surface area contributed by atoms with Gasteiger partial charge in [-0.2, -0.15) is 0 Å². The van der Waals surface area contributed by atoms with Crippen LogP contribution < -0.4 is 9.80 Å². The summed E-state index contributed by atoms with van der Waals surface area (Å²) in [5, 5.41) is 1.04. The third kappa shape index (κ3) is 3.54. The van der Waals surface area contributed by atoms with Gasteiger partial charge in [-0.25, -0.2) is 4.98 Å². The normalized spacial score (nSPS) is 17.5. The van der Waals surface area contributed by atoms with Gasteiger partial charge in [-0.3, -0.25) is 4.79 Å². The monoisotopic (exact) mass is 420 g/mol. The Kier molecular flexibility index (Phi) is 4.89. The van der Waals surface area contributed by atoms with E-state index in [2.05, 4.69) is 71.9 Å². The number of nitrogens with zero attached hydrogens (tertiary/aromatic N) is 4. The summed E-state index contributed by atoms with van der Waals surface area (Å²) >= 11 is 1.73. The average Bonchev–Trinajstić information content (AvgIpc) is 3.11. The number of piperazine rings is 1. The van der Waals surface area contributed by atoms with E-state index in [-0.39, 0.29) is 5.92 Å². The molecule has 2 aliphatic heterocycles. The number of amides is 1. The van der Waals surface area contributed by atoms with Gasteiger partial charge in [-0.1, -0.05) is 29.5 Å². The molecule has 3 aromatic rings. The Balaban J connectivity index is 1.17. The minimum absolute atomic E-state index is 0.103. The van der Waals surface area contributed by atoms with Crippen LogP contribution in [0.4, 0.5) is 10.8 Å². The highest BCUT2D eigenvalue weighted by Crippen LogP contribution is 2.34. The standard InChI is InChI=1S/C24H28N4OS/c1-16-4-6-18(3)21(12-16)26-8-10-27(11-9-26)23(29)19-14-28(15-19)24-25-20-7-5-17(2)13-22(20)30-24/h4-7,12-13,19H,8-11,14-15H2,1-3H3. The summed E-state index contributed by atoms with van der Waals surface area (Å²) in [5.74, 6) is 0.412. The van der Waals surface area contributed by atoms with Crippen LogP contribution in [0.5, 0.6) is 0 Å². The number of carbonyl (C=O) groups excluding carboxylic acids is 1. The minimum Gasteiger partial charge on any atom is -0.368 e. The van der Waals surface area contributed by atoms with E-state index in [1.54, 1.807) is 11.3 Å². The molecule has 2 saturated heterocycles. The minimum atomic E-state index is 0.103. The van der Waals surface area contributed by atoms with Gasteiger partial charge in [-0.15, -0.1) is 0 Å². The summed E-state index contributed by atoms with van der Waals surface area (Å²) in [4.78, 5) is 24.5. The summed E-state index contributed by atoms with van der Waals surface area (Å²) < 4.78 is 1.22. The summed E-state index contributed by atoms with van der Waals surface area (Å²) in [5.41, 5.74) is 6.21. The lowest BCUT2D eigenvalue weighted by atomic mass is 9.98. The van der Waals surface area contributed by atoms with Gasteiger partial charge < -0.3 is 14.7 Å². The molecule has 156 valence electrons. The van der Waals surface area contributed by atoms with Crippen LogP contribution in [-0.2, 0) is 4.79 Å². The van der Waals surface area contributed by atoms with Crippen molar-refractivity contribution in [3.8, 4) is 0 Å². The molecule has 0 spiro atoms. The van der Waals surface area contributed by atoms with E-state index in [4.69, 9.17) is 4.98 Å². The quantitative estimate of drug-likeness (QED) is 0.642. The third-order valence-electron chi connectivity index (χ3n) is 6.33. The Morgan fingerprint density at radius 2 is 1.63 bits per heavy atom. The van der Waals surface area contributed by atoms with Crippen molar-refractivity contribution in [1.82, 2.24) is 9.88 Å². The van der Waals surface area contributed by atoms with E-state index in [0.717, 1.165) is 49.9 Å². The second-order valence-electron chi connectivity index (χ2n) is 8.67. The van der Waals surface area contributed by atoms with Crippen LogP contribution in [0.25, 0.3) is 10.2 Å². The zero-order valence-electron chi connectivity index (χ0n) is 17.9. The number of aryl methyl sites for hydroxylation is 3. The van der Waals surface area contributed by atoms with Gasteiger partial charge in [0, 0.05) is 45.0 Å². The third-order valence-corrected chi connectivity index (χ3v) is 7.41. The van der Waals surface area contributed by atoms with Gasteiger partial charge >= 0.3 is 0 Å². The molecule has 0 atom stereocenters. The zero-order valence-corrected chi connectivity index (χ0v) is 18.7. The summed E-state index contributed by atoms with van der Waals surface area (Å²) in [6.45, 7) is 11.4. The largest absolute Gasteiger partial charge is 0.368 e. The first-order valence-corrected chi connectivity index (χ1v) is 11.5. The van der Waals surface area contributed by atoms with E-state index in [0.29, 0.717) is 5.91 Å². The van der Waals surface area contributed by atoms with Crippen LogP contribution in [0, 0.1) is 26.7 Å². The molecular formula is C24H28N4OS. The smallest absolute Gasteiger partial charge is 0.229 e. The Labute approximate surface area is 181 Å². The fourth-order valence-corrected chi connectivity index (χ4v) is 5.51. The lowest BCUT2D eigenvalue weighted by molar-refractivity contribution is -0.136. The number of rotatable bonds is 3. The van der Waals surface area contributed by atoms with E-state index in [1.807, 2.05) is 0 Å². The predicted octanol–water partition coefficient (Wildman–Crippen LogP) is 4.01.